The van der Waals surface area contributed by atoms with E-state index in [0.717, 1.165) is 35.4 Å². The van der Waals surface area contributed by atoms with Gasteiger partial charge in [0.25, 0.3) is 5.91 Å². The summed E-state index contributed by atoms with van der Waals surface area (Å²) in [6, 6.07) is 16.8. The summed E-state index contributed by atoms with van der Waals surface area (Å²) in [5.41, 5.74) is 9.65. The molecule has 1 saturated heterocycles. The first-order valence-electron chi connectivity index (χ1n) is 9.95. The molecular formula is C23H24N4O2S. The Morgan fingerprint density at radius 3 is 2.67 bits per heavy atom. The van der Waals surface area contributed by atoms with E-state index in [1.54, 1.807) is 29.5 Å². The number of amides is 2. The molecule has 4 rings (SSSR count). The van der Waals surface area contributed by atoms with Crippen LogP contribution in [0.3, 0.4) is 0 Å². The molecule has 7 heteroatoms. The molecule has 154 valence electrons. The lowest BCUT2D eigenvalue weighted by Gasteiger charge is -2.12. The van der Waals surface area contributed by atoms with Crippen molar-refractivity contribution in [3.8, 4) is 10.4 Å². The Labute approximate surface area is 179 Å². The summed E-state index contributed by atoms with van der Waals surface area (Å²) >= 11 is 1.63. The second kappa shape index (κ2) is 9.11. The van der Waals surface area contributed by atoms with Crippen molar-refractivity contribution < 1.29 is 9.59 Å². The summed E-state index contributed by atoms with van der Waals surface area (Å²) in [6.07, 6.45) is 1.91. The predicted octanol–water partition coefficient (Wildman–Crippen LogP) is 3.62. The molecule has 6 nitrogen and oxygen atoms in total. The van der Waals surface area contributed by atoms with Gasteiger partial charge in [-0.05, 0) is 66.2 Å². The van der Waals surface area contributed by atoms with Gasteiger partial charge in [0, 0.05) is 17.0 Å². The molecule has 0 spiro atoms. The molecule has 0 radical (unpaired) electrons. The molecule has 0 saturated carbocycles. The summed E-state index contributed by atoms with van der Waals surface area (Å²) in [7, 11) is 0. The van der Waals surface area contributed by atoms with Crippen molar-refractivity contribution in [3.05, 3.63) is 71.1 Å². The summed E-state index contributed by atoms with van der Waals surface area (Å²) in [5.74, 6) is -0.203. The standard InChI is InChI=1S/C23H24N4O2S/c24-18-10-9-17(21-4-2-12-30-21)13-20(18)27-22(28)16-7-5-15(6-8-16)14-26-23(29)19-3-1-11-25-19/h2,4-10,12-13,19,25H,1,3,11,14,24H2,(H,26,29)(H,27,28)/t19-/m0/s1. The summed E-state index contributed by atoms with van der Waals surface area (Å²) < 4.78 is 0. The van der Waals surface area contributed by atoms with Gasteiger partial charge in [-0.1, -0.05) is 24.3 Å². The fourth-order valence-electron chi connectivity index (χ4n) is 3.45. The Morgan fingerprint density at radius 2 is 1.97 bits per heavy atom. The number of carbonyl (C=O) groups excluding carboxylic acids is 2. The molecule has 3 aromatic rings. The van der Waals surface area contributed by atoms with Gasteiger partial charge in [0.2, 0.25) is 5.91 Å². The van der Waals surface area contributed by atoms with E-state index in [0.29, 0.717) is 23.5 Å². The highest BCUT2D eigenvalue weighted by Gasteiger charge is 2.21. The highest BCUT2D eigenvalue weighted by atomic mass is 32.1. The summed E-state index contributed by atoms with van der Waals surface area (Å²) in [5, 5.41) is 11.0. The van der Waals surface area contributed by atoms with Crippen LogP contribution in [0.25, 0.3) is 10.4 Å². The first kappa shape index (κ1) is 20.1. The second-order valence-corrected chi connectivity index (χ2v) is 8.24. The van der Waals surface area contributed by atoms with E-state index < -0.39 is 0 Å². The lowest BCUT2D eigenvalue weighted by Crippen LogP contribution is -2.39. The first-order chi connectivity index (χ1) is 14.6. The largest absolute Gasteiger partial charge is 0.397 e. The molecule has 1 aromatic heterocycles. The van der Waals surface area contributed by atoms with Crippen molar-refractivity contribution in [2.45, 2.75) is 25.4 Å². The van der Waals surface area contributed by atoms with Crippen molar-refractivity contribution in [3.63, 3.8) is 0 Å². The summed E-state index contributed by atoms with van der Waals surface area (Å²) in [4.78, 5) is 25.9. The van der Waals surface area contributed by atoms with Crippen LogP contribution in [0.2, 0.25) is 0 Å². The number of anilines is 2. The van der Waals surface area contributed by atoms with Crippen LogP contribution in [0.15, 0.2) is 60.0 Å². The molecule has 5 N–H and O–H groups in total. The Kier molecular flexibility index (Phi) is 6.11. The molecule has 2 aromatic carbocycles. The van der Waals surface area contributed by atoms with Crippen molar-refractivity contribution in [1.82, 2.24) is 10.6 Å². The monoisotopic (exact) mass is 420 g/mol. The minimum Gasteiger partial charge on any atom is -0.397 e. The van der Waals surface area contributed by atoms with E-state index in [2.05, 4.69) is 16.0 Å². The van der Waals surface area contributed by atoms with Gasteiger partial charge in [0.1, 0.15) is 0 Å². The first-order valence-corrected chi connectivity index (χ1v) is 10.8. The zero-order valence-electron chi connectivity index (χ0n) is 16.5. The number of nitrogens with one attached hydrogen (secondary N) is 3. The number of benzene rings is 2. The number of carbonyl (C=O) groups is 2. The lowest BCUT2D eigenvalue weighted by molar-refractivity contribution is -0.122. The molecule has 1 atom stereocenters. The van der Waals surface area contributed by atoms with Gasteiger partial charge in [-0.3, -0.25) is 9.59 Å². The van der Waals surface area contributed by atoms with E-state index in [1.165, 1.54) is 0 Å². The summed E-state index contributed by atoms with van der Waals surface area (Å²) in [6.45, 7) is 1.33. The maximum Gasteiger partial charge on any atom is 0.255 e. The molecule has 2 amide bonds. The Morgan fingerprint density at radius 1 is 1.13 bits per heavy atom. The van der Waals surface area contributed by atoms with Crippen LogP contribution in [0.5, 0.6) is 0 Å². The van der Waals surface area contributed by atoms with Crippen LogP contribution >= 0.6 is 11.3 Å². The quantitative estimate of drug-likeness (QED) is 0.458. The SMILES string of the molecule is Nc1ccc(-c2cccs2)cc1NC(=O)c1ccc(CNC(=O)[C@@H]2CCCN2)cc1. The normalized spacial score (nSPS) is 15.7. The average molecular weight is 421 g/mol. The minimum absolute atomic E-state index is 0.0235. The van der Waals surface area contributed by atoms with Crippen LogP contribution in [0.1, 0.15) is 28.8 Å². The van der Waals surface area contributed by atoms with Crippen LogP contribution < -0.4 is 21.7 Å². The molecule has 1 aliphatic heterocycles. The fourth-order valence-corrected chi connectivity index (χ4v) is 4.17. The minimum atomic E-state index is -0.226. The van der Waals surface area contributed by atoms with E-state index in [1.807, 2.05) is 41.8 Å². The maximum absolute atomic E-state index is 12.7. The highest BCUT2D eigenvalue weighted by molar-refractivity contribution is 7.13. The molecule has 0 aliphatic carbocycles. The Hall–Kier alpha value is -3.16. The molecule has 30 heavy (non-hydrogen) atoms. The van der Waals surface area contributed by atoms with Crippen LogP contribution in [0, 0.1) is 0 Å². The van der Waals surface area contributed by atoms with Gasteiger partial charge >= 0.3 is 0 Å². The number of thiophene rings is 1. The number of rotatable bonds is 6. The van der Waals surface area contributed by atoms with Crippen LogP contribution in [-0.4, -0.2) is 24.4 Å². The van der Waals surface area contributed by atoms with Gasteiger partial charge in [-0.2, -0.15) is 0 Å². The van der Waals surface area contributed by atoms with Gasteiger partial charge in [-0.25, -0.2) is 0 Å². The molecule has 1 fully saturated rings. The van der Waals surface area contributed by atoms with E-state index >= 15 is 0 Å². The van der Waals surface area contributed by atoms with Crippen molar-refractivity contribution in [1.29, 1.82) is 0 Å². The molecule has 0 bridgehead atoms. The van der Waals surface area contributed by atoms with E-state index in [4.69, 9.17) is 5.73 Å². The molecule has 1 aliphatic rings. The third-order valence-corrected chi connectivity index (χ3v) is 6.09. The average Bonchev–Trinajstić information content (AvgIpc) is 3.48. The topological polar surface area (TPSA) is 96.2 Å². The lowest BCUT2D eigenvalue weighted by atomic mass is 10.1. The molecule has 0 unspecified atom stereocenters. The van der Waals surface area contributed by atoms with Crippen molar-refractivity contribution >= 4 is 34.5 Å². The van der Waals surface area contributed by atoms with E-state index in [9.17, 15) is 9.59 Å². The predicted molar refractivity (Wildman–Crippen MR) is 121 cm³/mol. The number of nitrogens with two attached hydrogens (primary N) is 1. The number of hydrogen-bond donors (Lipinski definition) is 4. The maximum atomic E-state index is 12.7. The fraction of sp³-hybridized carbons (Fsp3) is 0.217. The van der Waals surface area contributed by atoms with E-state index in [-0.39, 0.29) is 17.9 Å². The van der Waals surface area contributed by atoms with Gasteiger partial charge in [0.15, 0.2) is 0 Å². The third kappa shape index (κ3) is 4.69. The molecular weight excluding hydrogens is 396 g/mol. The van der Waals surface area contributed by atoms with Crippen molar-refractivity contribution in [2.75, 3.05) is 17.6 Å². The third-order valence-electron chi connectivity index (χ3n) is 5.17. The Bertz CT molecular complexity index is 1030. The highest BCUT2D eigenvalue weighted by Crippen LogP contribution is 2.30. The Balaban J connectivity index is 1.38. The molecule has 2 heterocycles. The zero-order valence-corrected chi connectivity index (χ0v) is 17.3. The van der Waals surface area contributed by atoms with Gasteiger partial charge in [0.05, 0.1) is 17.4 Å². The van der Waals surface area contributed by atoms with Crippen molar-refractivity contribution in [2.24, 2.45) is 0 Å². The zero-order chi connectivity index (χ0) is 20.9. The smallest absolute Gasteiger partial charge is 0.255 e. The van der Waals surface area contributed by atoms with Gasteiger partial charge in [-0.15, -0.1) is 11.3 Å². The second-order valence-electron chi connectivity index (χ2n) is 7.30. The van der Waals surface area contributed by atoms with Crippen LogP contribution in [-0.2, 0) is 11.3 Å². The number of hydrogen-bond acceptors (Lipinski definition) is 5. The van der Waals surface area contributed by atoms with Crippen LogP contribution in [0.4, 0.5) is 11.4 Å². The van der Waals surface area contributed by atoms with Gasteiger partial charge < -0.3 is 21.7 Å². The number of nitrogen functional groups attached to an aromatic ring is 1.